The van der Waals surface area contributed by atoms with Gasteiger partial charge in [-0.3, -0.25) is 14.5 Å². The molecule has 0 aromatic rings. The summed E-state index contributed by atoms with van der Waals surface area (Å²) in [7, 11) is 0. The summed E-state index contributed by atoms with van der Waals surface area (Å²) in [4.78, 5) is 26.3. The fourth-order valence-electron chi connectivity index (χ4n) is 4.65. The SMILES string of the molecule is O=C1C2C(C(=O)N1CCO[C@H]1O[C@H](CO)[C@@H](O)[C@H](O)[C@@H]1O)[C@H]1C=C[C@@H]2C1. The lowest BCUT2D eigenvalue weighted by atomic mass is 9.85. The molecule has 26 heavy (non-hydrogen) atoms. The first kappa shape index (κ1) is 18.0. The number of hydrogen-bond donors (Lipinski definition) is 4. The highest BCUT2D eigenvalue weighted by Gasteiger charge is 2.59. The molecule has 2 aliphatic heterocycles. The second kappa shape index (κ2) is 6.66. The first-order valence-corrected chi connectivity index (χ1v) is 8.89. The van der Waals surface area contributed by atoms with Gasteiger partial charge in [0.15, 0.2) is 6.29 Å². The fourth-order valence-corrected chi connectivity index (χ4v) is 4.65. The van der Waals surface area contributed by atoms with Crippen LogP contribution in [0.5, 0.6) is 0 Å². The van der Waals surface area contributed by atoms with E-state index in [1.54, 1.807) is 0 Å². The van der Waals surface area contributed by atoms with Crippen molar-refractivity contribution in [3.8, 4) is 0 Å². The summed E-state index contributed by atoms with van der Waals surface area (Å²) in [5.74, 6) is -0.645. The van der Waals surface area contributed by atoms with Crippen LogP contribution in [0, 0.1) is 23.7 Å². The van der Waals surface area contributed by atoms with Crippen LogP contribution in [-0.2, 0) is 19.1 Å². The number of aliphatic hydroxyl groups is 4. The molecule has 2 unspecified atom stereocenters. The Morgan fingerprint density at radius 3 is 2.23 bits per heavy atom. The van der Waals surface area contributed by atoms with E-state index in [9.17, 15) is 24.9 Å². The highest BCUT2D eigenvalue weighted by Crippen LogP contribution is 2.52. The number of nitrogens with zero attached hydrogens (tertiary/aromatic N) is 1. The second-order valence-corrected chi connectivity index (χ2v) is 7.40. The molecule has 0 spiro atoms. The molecule has 2 amide bonds. The quantitative estimate of drug-likeness (QED) is 0.311. The average molecular weight is 369 g/mol. The second-order valence-electron chi connectivity index (χ2n) is 7.40. The average Bonchev–Trinajstić information content (AvgIpc) is 3.31. The van der Waals surface area contributed by atoms with Crippen molar-refractivity contribution in [2.24, 2.45) is 23.7 Å². The van der Waals surface area contributed by atoms with Crippen molar-refractivity contribution in [1.29, 1.82) is 0 Å². The lowest BCUT2D eigenvalue weighted by molar-refractivity contribution is -0.301. The summed E-state index contributed by atoms with van der Waals surface area (Å²) in [5, 5.41) is 38.6. The summed E-state index contributed by atoms with van der Waals surface area (Å²) < 4.78 is 10.6. The Hall–Kier alpha value is -1.36. The van der Waals surface area contributed by atoms with Crippen molar-refractivity contribution in [3.63, 3.8) is 0 Å². The minimum Gasteiger partial charge on any atom is -0.394 e. The first-order valence-electron chi connectivity index (χ1n) is 8.89. The lowest BCUT2D eigenvalue weighted by Crippen LogP contribution is -2.59. The van der Waals surface area contributed by atoms with Crippen LogP contribution >= 0.6 is 0 Å². The van der Waals surface area contributed by atoms with Gasteiger partial charge >= 0.3 is 0 Å². The Bertz CT molecular complexity index is 592. The highest BCUT2D eigenvalue weighted by atomic mass is 16.7. The van der Waals surface area contributed by atoms with Gasteiger partial charge in [0.2, 0.25) is 11.8 Å². The molecule has 0 aromatic carbocycles. The number of aliphatic hydroxyl groups excluding tert-OH is 4. The molecule has 9 heteroatoms. The smallest absolute Gasteiger partial charge is 0.233 e. The molecule has 2 aliphatic carbocycles. The number of hydrogen-bond acceptors (Lipinski definition) is 8. The standard InChI is InChI=1S/C17H23NO8/c19-6-9-12(20)13(21)14(22)17(26-9)25-4-3-18-15(23)10-7-1-2-8(5-7)11(10)16(18)24/h1-2,7-14,17,19-22H,3-6H2/t7-,8+,9-,10?,11?,12-,13+,14+,17+/m1/s1. The molecule has 144 valence electrons. The van der Waals surface area contributed by atoms with E-state index >= 15 is 0 Å². The minimum absolute atomic E-state index is 0.0269. The Labute approximate surface area is 149 Å². The molecule has 4 N–H and O–H groups in total. The van der Waals surface area contributed by atoms with Crippen LogP contribution in [0.1, 0.15) is 6.42 Å². The maximum absolute atomic E-state index is 12.6. The van der Waals surface area contributed by atoms with Crippen molar-refractivity contribution in [3.05, 3.63) is 12.2 Å². The Balaban J connectivity index is 1.34. The normalized spacial score (nSPS) is 47.1. The van der Waals surface area contributed by atoms with Crippen LogP contribution in [0.4, 0.5) is 0 Å². The summed E-state index contributed by atoms with van der Waals surface area (Å²) >= 11 is 0. The molecule has 2 bridgehead atoms. The number of imide groups is 1. The van der Waals surface area contributed by atoms with Gasteiger partial charge in [-0.1, -0.05) is 12.2 Å². The third-order valence-electron chi connectivity index (χ3n) is 6.01. The Morgan fingerprint density at radius 2 is 1.65 bits per heavy atom. The van der Waals surface area contributed by atoms with Crippen molar-refractivity contribution < 1.29 is 39.5 Å². The zero-order valence-corrected chi connectivity index (χ0v) is 14.0. The van der Waals surface area contributed by atoms with E-state index in [4.69, 9.17) is 14.6 Å². The number of rotatable bonds is 5. The van der Waals surface area contributed by atoms with Gasteiger partial charge in [-0.05, 0) is 18.3 Å². The monoisotopic (exact) mass is 369 g/mol. The fraction of sp³-hybridized carbons (Fsp3) is 0.765. The first-order chi connectivity index (χ1) is 12.4. The Morgan fingerprint density at radius 1 is 1.04 bits per heavy atom. The number of carbonyl (C=O) groups excluding carboxylic acids is 2. The topological polar surface area (TPSA) is 137 Å². The van der Waals surface area contributed by atoms with Crippen molar-refractivity contribution >= 4 is 11.8 Å². The van der Waals surface area contributed by atoms with Gasteiger partial charge in [-0.2, -0.15) is 0 Å². The molecule has 4 rings (SSSR count). The molecule has 4 aliphatic rings. The van der Waals surface area contributed by atoms with E-state index in [1.807, 2.05) is 12.2 Å². The van der Waals surface area contributed by atoms with Gasteiger partial charge in [-0.15, -0.1) is 0 Å². The van der Waals surface area contributed by atoms with E-state index < -0.39 is 37.3 Å². The summed E-state index contributed by atoms with van der Waals surface area (Å²) in [6.07, 6.45) is -1.92. The van der Waals surface area contributed by atoms with Crippen LogP contribution in [0.2, 0.25) is 0 Å². The van der Waals surface area contributed by atoms with Gasteiger partial charge in [0.25, 0.3) is 0 Å². The van der Waals surface area contributed by atoms with E-state index in [0.29, 0.717) is 0 Å². The number of carbonyl (C=O) groups is 2. The number of allylic oxidation sites excluding steroid dienone is 2. The van der Waals surface area contributed by atoms with E-state index in [1.165, 1.54) is 4.90 Å². The van der Waals surface area contributed by atoms with Gasteiger partial charge in [0.05, 0.1) is 31.6 Å². The van der Waals surface area contributed by atoms with Gasteiger partial charge in [0, 0.05) is 0 Å². The van der Waals surface area contributed by atoms with Crippen molar-refractivity contribution in [2.45, 2.75) is 37.1 Å². The molecular weight excluding hydrogens is 346 g/mol. The third kappa shape index (κ3) is 2.62. The van der Waals surface area contributed by atoms with Crippen molar-refractivity contribution in [1.82, 2.24) is 4.90 Å². The third-order valence-corrected chi connectivity index (χ3v) is 6.01. The molecule has 2 saturated heterocycles. The predicted molar refractivity (Wildman–Crippen MR) is 84.2 cm³/mol. The van der Waals surface area contributed by atoms with Crippen LogP contribution < -0.4 is 0 Å². The lowest BCUT2D eigenvalue weighted by Gasteiger charge is -2.39. The van der Waals surface area contributed by atoms with Gasteiger partial charge in [-0.25, -0.2) is 0 Å². The Kier molecular flexibility index (Phi) is 4.62. The molecular formula is C17H23NO8. The molecule has 3 fully saturated rings. The number of ether oxygens (including phenoxy) is 2. The van der Waals surface area contributed by atoms with Gasteiger partial charge in [0.1, 0.15) is 24.4 Å². The zero-order chi connectivity index (χ0) is 18.6. The summed E-state index contributed by atoms with van der Waals surface area (Å²) in [5.41, 5.74) is 0. The molecule has 1 saturated carbocycles. The van der Waals surface area contributed by atoms with Gasteiger partial charge < -0.3 is 29.9 Å². The van der Waals surface area contributed by atoms with E-state index in [2.05, 4.69) is 0 Å². The zero-order valence-electron chi connectivity index (χ0n) is 14.0. The van der Waals surface area contributed by atoms with Crippen molar-refractivity contribution in [2.75, 3.05) is 19.8 Å². The maximum Gasteiger partial charge on any atom is 0.233 e. The van der Waals surface area contributed by atoms with Crippen LogP contribution in [0.3, 0.4) is 0 Å². The molecule has 9 nitrogen and oxygen atoms in total. The van der Waals surface area contributed by atoms with Crippen LogP contribution in [0.15, 0.2) is 12.2 Å². The molecule has 0 radical (unpaired) electrons. The van der Waals surface area contributed by atoms with Crippen LogP contribution in [0.25, 0.3) is 0 Å². The van der Waals surface area contributed by atoms with E-state index in [-0.39, 0.29) is 48.6 Å². The highest BCUT2D eigenvalue weighted by molar-refractivity contribution is 6.06. The minimum atomic E-state index is -1.53. The summed E-state index contributed by atoms with van der Waals surface area (Å²) in [6, 6.07) is 0. The molecule has 2 heterocycles. The summed E-state index contributed by atoms with van der Waals surface area (Å²) in [6.45, 7) is -0.603. The maximum atomic E-state index is 12.6. The number of likely N-dealkylation sites (tertiary alicyclic amines) is 1. The largest absolute Gasteiger partial charge is 0.394 e. The molecule has 0 aromatic heterocycles. The van der Waals surface area contributed by atoms with Crippen LogP contribution in [-0.4, -0.2) is 87.6 Å². The predicted octanol–water partition coefficient (Wildman–Crippen LogP) is -2.39. The number of fused-ring (bicyclic) bond motifs is 5. The van der Waals surface area contributed by atoms with E-state index in [0.717, 1.165) is 6.42 Å². The number of amides is 2. The molecule has 9 atom stereocenters.